The van der Waals surface area contributed by atoms with Gasteiger partial charge in [-0.25, -0.2) is 0 Å². The number of nitrogens with two attached hydrogens (primary N) is 2. The largest absolute Gasteiger partial charge is 0.698 e. The van der Waals surface area contributed by atoms with E-state index in [0.29, 0.717) is 0 Å². The minimum absolute atomic E-state index is 1.27. The van der Waals surface area contributed by atoms with Crippen LogP contribution < -0.4 is 11.5 Å². The van der Waals surface area contributed by atoms with E-state index in [4.69, 9.17) is 16.4 Å². The van der Waals surface area contributed by atoms with Crippen LogP contribution in [0.3, 0.4) is 0 Å². The molecule has 0 saturated heterocycles. The molecule has 0 heterocycles. The summed E-state index contributed by atoms with van der Waals surface area (Å²) in [5.74, 6) is -1.51. The minimum Gasteiger partial charge on any atom is -0.287 e. The van der Waals surface area contributed by atoms with Crippen molar-refractivity contribution in [3.8, 4) is 0 Å². The molecule has 0 aliphatic heterocycles. The second kappa shape index (κ2) is 2.48. The Labute approximate surface area is 47.6 Å². The molecule has 0 rings (SSSR count). The molecule has 0 bridgehead atoms. The first-order chi connectivity index (χ1) is 3.42. The van der Waals surface area contributed by atoms with Crippen LogP contribution in [-0.4, -0.2) is 10.7 Å². The molecule has 0 radical (unpaired) electrons. The van der Waals surface area contributed by atoms with Gasteiger partial charge in [0.05, 0.1) is 0 Å². The molecular weight excluding hydrogens is 131 g/mol. The van der Waals surface area contributed by atoms with Crippen molar-refractivity contribution in [1.82, 2.24) is 0 Å². The van der Waals surface area contributed by atoms with E-state index in [2.05, 4.69) is 4.52 Å². The Morgan fingerprint density at radius 1 is 1.75 bits per heavy atom. The maximum Gasteiger partial charge on any atom is 0.698 e. The predicted molar refractivity (Wildman–Crippen MR) is 27.7 cm³/mol. The minimum atomic E-state index is -2.69. The average Bonchev–Trinajstić information content (AvgIpc) is 1.21. The van der Waals surface area contributed by atoms with Gasteiger partial charge in [-0.3, -0.25) is 11.5 Å². The van der Waals surface area contributed by atoms with Crippen molar-refractivity contribution in [2.45, 2.75) is 12.8 Å². The number of hydrogen-bond donors (Lipinski definition) is 3. The molecule has 0 spiro atoms. The normalized spacial score (nSPS) is 13.8. The molecule has 0 aromatic rings. The highest BCUT2D eigenvalue weighted by molar-refractivity contribution is 7.32. The standard InChI is InChI=1S/C2H7N2O3P/c1-2(3,4)7-8(5)6/h3-4H2,1H3/p+1. The van der Waals surface area contributed by atoms with Gasteiger partial charge in [0.25, 0.3) is 0 Å². The summed E-state index contributed by atoms with van der Waals surface area (Å²) >= 11 is 0. The Bertz CT molecular complexity index is 97.9. The highest BCUT2D eigenvalue weighted by atomic mass is 31.1. The van der Waals surface area contributed by atoms with Crippen molar-refractivity contribution in [2.75, 3.05) is 0 Å². The summed E-state index contributed by atoms with van der Waals surface area (Å²) in [6, 6.07) is 0. The van der Waals surface area contributed by atoms with Crippen LogP contribution in [0.5, 0.6) is 0 Å². The third kappa shape index (κ3) is 5.94. The fourth-order valence-electron chi connectivity index (χ4n) is 0.168. The molecule has 6 heteroatoms. The molecule has 1 atom stereocenters. The van der Waals surface area contributed by atoms with Crippen LogP contribution in [-0.2, 0) is 9.09 Å². The van der Waals surface area contributed by atoms with Gasteiger partial charge in [0, 0.05) is 4.57 Å². The second-order valence-electron chi connectivity index (χ2n) is 1.51. The summed E-state index contributed by atoms with van der Waals surface area (Å²) in [5, 5.41) is 0. The van der Waals surface area contributed by atoms with Gasteiger partial charge in [-0.05, 0) is 6.92 Å². The molecule has 0 aromatic carbocycles. The molecule has 5 nitrogen and oxygen atoms in total. The van der Waals surface area contributed by atoms with Crippen molar-refractivity contribution >= 4 is 8.25 Å². The van der Waals surface area contributed by atoms with E-state index in [9.17, 15) is 4.57 Å². The highest BCUT2D eigenvalue weighted by Crippen LogP contribution is 2.18. The Balaban J connectivity index is 3.55. The molecule has 1 unspecified atom stereocenters. The Morgan fingerprint density at radius 2 is 2.12 bits per heavy atom. The van der Waals surface area contributed by atoms with Gasteiger partial charge in [-0.1, -0.05) is 4.52 Å². The Kier molecular flexibility index (Phi) is 2.46. The fraction of sp³-hybridized carbons (Fsp3) is 1.00. The van der Waals surface area contributed by atoms with Gasteiger partial charge in [0.15, 0.2) is 0 Å². The van der Waals surface area contributed by atoms with Gasteiger partial charge in [0.2, 0.25) is 5.85 Å². The van der Waals surface area contributed by atoms with Gasteiger partial charge in [-0.2, -0.15) is 0 Å². The quantitative estimate of drug-likeness (QED) is 0.345. The van der Waals surface area contributed by atoms with Crippen LogP contribution in [0.15, 0.2) is 0 Å². The maximum absolute atomic E-state index is 9.78. The van der Waals surface area contributed by atoms with Gasteiger partial charge < -0.3 is 0 Å². The first kappa shape index (κ1) is 7.94. The van der Waals surface area contributed by atoms with E-state index in [1.807, 2.05) is 0 Å². The molecule has 0 fully saturated rings. The van der Waals surface area contributed by atoms with Crippen LogP contribution in [0.4, 0.5) is 0 Å². The topological polar surface area (TPSA) is 98.6 Å². The Hall–Kier alpha value is -0.0600. The molecule has 0 aliphatic carbocycles. The lowest BCUT2D eigenvalue weighted by Gasteiger charge is -2.06. The molecular formula is C2H8N2O3P+. The summed E-state index contributed by atoms with van der Waals surface area (Å²) in [6.45, 7) is 1.27. The van der Waals surface area contributed by atoms with E-state index >= 15 is 0 Å². The van der Waals surface area contributed by atoms with E-state index in [-0.39, 0.29) is 0 Å². The van der Waals surface area contributed by atoms with E-state index < -0.39 is 14.1 Å². The van der Waals surface area contributed by atoms with E-state index in [1.165, 1.54) is 6.92 Å². The zero-order chi connectivity index (χ0) is 6.78. The van der Waals surface area contributed by atoms with Crippen molar-refractivity contribution in [2.24, 2.45) is 11.5 Å². The van der Waals surface area contributed by atoms with Crippen molar-refractivity contribution in [3.63, 3.8) is 0 Å². The summed E-state index contributed by atoms with van der Waals surface area (Å²) in [6.07, 6.45) is 0. The summed E-state index contributed by atoms with van der Waals surface area (Å²) in [5.41, 5.74) is 9.90. The third-order valence-corrected chi connectivity index (χ3v) is 0.824. The van der Waals surface area contributed by atoms with Gasteiger partial charge >= 0.3 is 8.25 Å². The highest BCUT2D eigenvalue weighted by Gasteiger charge is 2.26. The van der Waals surface area contributed by atoms with Crippen LogP contribution in [0.25, 0.3) is 0 Å². The summed E-state index contributed by atoms with van der Waals surface area (Å²) < 4.78 is 13.8. The fourth-order valence-corrected chi connectivity index (χ4v) is 0.505. The van der Waals surface area contributed by atoms with Crippen LogP contribution >= 0.6 is 8.25 Å². The smallest absolute Gasteiger partial charge is 0.287 e. The van der Waals surface area contributed by atoms with Crippen molar-refractivity contribution in [1.29, 1.82) is 0 Å². The van der Waals surface area contributed by atoms with E-state index in [1.54, 1.807) is 0 Å². The molecule has 0 aliphatic rings. The van der Waals surface area contributed by atoms with E-state index in [0.717, 1.165) is 0 Å². The summed E-state index contributed by atoms with van der Waals surface area (Å²) in [7, 11) is -2.69. The average molecular weight is 139 g/mol. The number of rotatable bonds is 2. The predicted octanol–water partition coefficient (Wildman–Crippen LogP) is -0.756. The van der Waals surface area contributed by atoms with Crippen LogP contribution in [0, 0.1) is 0 Å². The number of hydrogen-bond acceptors (Lipinski definition) is 4. The summed E-state index contributed by atoms with van der Waals surface area (Å²) in [4.78, 5) is 8.02. The Morgan fingerprint density at radius 3 is 2.12 bits per heavy atom. The lowest BCUT2D eigenvalue weighted by molar-refractivity contribution is 0.0981. The second-order valence-corrected chi connectivity index (χ2v) is 2.17. The van der Waals surface area contributed by atoms with Crippen molar-refractivity contribution < 1.29 is 14.0 Å². The molecule has 8 heavy (non-hydrogen) atoms. The molecule has 5 N–H and O–H groups in total. The monoisotopic (exact) mass is 139 g/mol. The lowest BCUT2D eigenvalue weighted by Crippen LogP contribution is -2.46. The SMILES string of the molecule is CC(N)(N)O[P+](=O)O. The first-order valence-corrected chi connectivity index (χ1v) is 2.98. The zero-order valence-corrected chi connectivity index (χ0v) is 5.26. The third-order valence-electron chi connectivity index (χ3n) is 0.275. The molecule has 0 saturated carbocycles. The first-order valence-electron chi connectivity index (χ1n) is 1.85. The van der Waals surface area contributed by atoms with Gasteiger partial charge in [0.1, 0.15) is 0 Å². The molecule has 48 valence electrons. The lowest BCUT2D eigenvalue weighted by atomic mass is 10.6. The van der Waals surface area contributed by atoms with Crippen LogP contribution in [0.1, 0.15) is 6.92 Å². The van der Waals surface area contributed by atoms with Crippen molar-refractivity contribution in [3.05, 3.63) is 0 Å². The van der Waals surface area contributed by atoms with Crippen LogP contribution in [0.2, 0.25) is 0 Å². The molecule has 0 aromatic heterocycles. The molecule has 0 amide bonds. The maximum atomic E-state index is 9.78. The zero-order valence-electron chi connectivity index (χ0n) is 4.37. The van der Waals surface area contributed by atoms with Gasteiger partial charge in [-0.15, -0.1) is 4.89 Å².